The molecule has 406 valence electrons. The number of benzene rings is 13. The van der Waals surface area contributed by atoms with E-state index in [4.69, 9.17) is 8.83 Å². The monoisotopic (exact) mass is 1100 g/mol. The van der Waals surface area contributed by atoms with Crippen LogP contribution in [0.25, 0.3) is 116 Å². The number of anilines is 6. The van der Waals surface area contributed by atoms with E-state index in [2.05, 4.69) is 313 Å². The molecule has 0 atom stereocenters. The Morgan fingerprint density at radius 3 is 1.38 bits per heavy atom. The molecule has 0 radical (unpaired) electrons. The van der Waals surface area contributed by atoms with Gasteiger partial charge in [0.15, 0.2) is 0 Å². The summed E-state index contributed by atoms with van der Waals surface area (Å²) in [4.78, 5) is 4.68. The third kappa shape index (κ3) is 7.64. The second-order valence-electron chi connectivity index (χ2n) is 23.1. The maximum Gasteiger partial charge on any atom is 0.145 e. The molecule has 13 aromatic carbocycles. The van der Waals surface area contributed by atoms with E-state index in [1.807, 2.05) is 12.1 Å². The first-order valence-electron chi connectivity index (χ1n) is 29.6. The van der Waals surface area contributed by atoms with Gasteiger partial charge in [-0.15, -0.1) is 0 Å². The molecule has 3 heterocycles. The van der Waals surface area contributed by atoms with Crippen LogP contribution in [0.4, 0.5) is 34.1 Å². The van der Waals surface area contributed by atoms with Crippen molar-refractivity contribution in [1.82, 2.24) is 4.57 Å². The Balaban J connectivity index is 0.782. The van der Waals surface area contributed by atoms with Gasteiger partial charge in [0.1, 0.15) is 22.3 Å². The van der Waals surface area contributed by atoms with Crippen LogP contribution in [-0.2, 0) is 5.41 Å². The summed E-state index contributed by atoms with van der Waals surface area (Å²) in [5.41, 5.74) is 24.9. The molecular formula is C81H55N3O2. The summed E-state index contributed by atoms with van der Waals surface area (Å²) in [5, 5.41) is 6.87. The van der Waals surface area contributed by atoms with Gasteiger partial charge in [-0.05, 0) is 136 Å². The fraction of sp³-hybridized carbons (Fsp3) is 0.0370. The number of fused-ring (bicyclic) bond motifs is 15. The van der Waals surface area contributed by atoms with Gasteiger partial charge in [-0.25, -0.2) is 0 Å². The number of hydrogen-bond donors (Lipinski definition) is 0. The van der Waals surface area contributed by atoms with Crippen LogP contribution in [0.2, 0.25) is 0 Å². The van der Waals surface area contributed by atoms with Crippen molar-refractivity contribution in [3.8, 4) is 50.2 Å². The molecule has 0 fully saturated rings. The second-order valence-corrected chi connectivity index (χ2v) is 23.1. The van der Waals surface area contributed by atoms with Crippen molar-refractivity contribution >= 4 is 99.8 Å². The van der Waals surface area contributed by atoms with Gasteiger partial charge in [0, 0.05) is 88.8 Å². The van der Waals surface area contributed by atoms with E-state index in [0.29, 0.717) is 0 Å². The summed E-state index contributed by atoms with van der Waals surface area (Å²) in [5.74, 6) is 0. The Labute approximate surface area is 498 Å². The van der Waals surface area contributed by atoms with Gasteiger partial charge in [0.2, 0.25) is 0 Å². The Hall–Kier alpha value is -11.1. The predicted octanol–water partition coefficient (Wildman–Crippen LogP) is 22.8. The van der Waals surface area contributed by atoms with Gasteiger partial charge in [-0.3, -0.25) is 0 Å². The minimum atomic E-state index is -0.301. The summed E-state index contributed by atoms with van der Waals surface area (Å²) in [6.45, 7) is 4.77. The second kappa shape index (κ2) is 19.5. The molecule has 0 spiro atoms. The van der Waals surface area contributed by atoms with E-state index < -0.39 is 0 Å². The molecule has 0 bridgehead atoms. The minimum absolute atomic E-state index is 0.301. The maximum absolute atomic E-state index is 7.50. The van der Waals surface area contributed by atoms with E-state index in [0.717, 1.165) is 117 Å². The molecule has 3 aromatic heterocycles. The normalized spacial score (nSPS) is 12.6. The molecule has 86 heavy (non-hydrogen) atoms. The van der Waals surface area contributed by atoms with Crippen LogP contribution >= 0.6 is 0 Å². The van der Waals surface area contributed by atoms with E-state index in [-0.39, 0.29) is 5.41 Å². The Morgan fingerprint density at radius 2 is 0.756 bits per heavy atom. The van der Waals surface area contributed by atoms with Crippen LogP contribution < -0.4 is 9.80 Å². The largest absolute Gasteiger partial charge is 0.455 e. The van der Waals surface area contributed by atoms with Crippen molar-refractivity contribution in [3.63, 3.8) is 0 Å². The summed E-state index contributed by atoms with van der Waals surface area (Å²) in [7, 11) is 0. The van der Waals surface area contributed by atoms with E-state index in [1.165, 1.54) is 44.1 Å². The fourth-order valence-electron chi connectivity index (χ4n) is 14.0. The van der Waals surface area contributed by atoms with Crippen LogP contribution in [0.3, 0.4) is 0 Å². The van der Waals surface area contributed by atoms with Gasteiger partial charge in [0.05, 0.1) is 16.4 Å². The van der Waals surface area contributed by atoms with Gasteiger partial charge in [-0.1, -0.05) is 214 Å². The number of para-hydroxylation sites is 6. The number of nitrogens with zero attached hydrogens (tertiary/aromatic N) is 3. The maximum atomic E-state index is 7.50. The molecule has 0 amide bonds. The third-order valence-electron chi connectivity index (χ3n) is 18.0. The lowest BCUT2D eigenvalue weighted by molar-refractivity contribution is 0.659. The van der Waals surface area contributed by atoms with Crippen molar-refractivity contribution in [2.24, 2.45) is 0 Å². The summed E-state index contributed by atoms with van der Waals surface area (Å²) in [6.07, 6.45) is 0. The molecule has 5 heteroatoms. The first kappa shape index (κ1) is 49.5. The molecule has 1 aliphatic carbocycles. The molecule has 16 aromatic rings. The average molecular weight is 1100 g/mol. The van der Waals surface area contributed by atoms with Gasteiger partial charge >= 0.3 is 0 Å². The number of rotatable bonds is 10. The summed E-state index contributed by atoms with van der Waals surface area (Å²) < 4.78 is 16.4. The van der Waals surface area contributed by atoms with E-state index >= 15 is 0 Å². The lowest BCUT2D eigenvalue weighted by Gasteiger charge is -2.28. The number of furan rings is 2. The first-order chi connectivity index (χ1) is 42.4. The molecule has 0 aliphatic heterocycles. The van der Waals surface area contributed by atoms with Crippen LogP contribution in [0.15, 0.2) is 306 Å². The Bertz CT molecular complexity index is 5270. The number of aromatic nitrogens is 1. The Kier molecular flexibility index (Phi) is 11.2. The van der Waals surface area contributed by atoms with Crippen LogP contribution in [0, 0.1) is 0 Å². The first-order valence-corrected chi connectivity index (χ1v) is 29.6. The molecule has 17 rings (SSSR count). The van der Waals surface area contributed by atoms with Crippen molar-refractivity contribution in [2.45, 2.75) is 19.3 Å². The smallest absolute Gasteiger partial charge is 0.145 e. The Morgan fingerprint density at radius 1 is 0.314 bits per heavy atom. The lowest BCUT2D eigenvalue weighted by Crippen LogP contribution is -2.15. The standard InChI is InChI=1S/C81H55N3O2/c1-81(2)70-33-15-12-27-67(70)73-76(81)74-69-32-19-30-64(79(69)86-80(74)75-68-28-13-16-34-71(68)84(77(73)75)57-24-10-5-11-25-57)55-40-46-60(47-41-55)83(58-42-36-53(37-43-58)52-20-6-3-7-21-52)62-50-48-61(49-51-62)82(56-22-8-4-9-23-56)59-44-38-54(39-45-59)63-29-18-31-66-65-26-14-17-35-72(65)85-78(63)66/h3-51H,1-2H3. The highest BCUT2D eigenvalue weighted by atomic mass is 16.3. The predicted molar refractivity (Wildman–Crippen MR) is 359 cm³/mol. The third-order valence-corrected chi connectivity index (χ3v) is 18.0. The summed E-state index contributed by atoms with van der Waals surface area (Å²) >= 11 is 0. The molecule has 0 unspecified atom stereocenters. The zero-order chi connectivity index (χ0) is 57.0. The van der Waals surface area contributed by atoms with E-state index in [1.54, 1.807) is 0 Å². The van der Waals surface area contributed by atoms with Crippen molar-refractivity contribution in [3.05, 3.63) is 308 Å². The van der Waals surface area contributed by atoms with Crippen molar-refractivity contribution < 1.29 is 8.83 Å². The van der Waals surface area contributed by atoms with Gasteiger partial charge in [0.25, 0.3) is 0 Å². The minimum Gasteiger partial charge on any atom is -0.455 e. The SMILES string of the molecule is CC1(C)c2ccccc2-c2c1c1c3cccc(-c4ccc(N(c5ccc(-c6ccccc6)cc5)c5ccc(N(c6ccccc6)c6ccc(-c7cccc8c7oc7ccccc78)cc6)cc5)cc4)c3oc1c1c3ccccc3n(-c3ccccc3)c21. The highest BCUT2D eigenvalue weighted by molar-refractivity contribution is 6.30. The topological polar surface area (TPSA) is 37.7 Å². The molecule has 5 nitrogen and oxygen atoms in total. The molecule has 0 N–H and O–H groups in total. The van der Waals surface area contributed by atoms with E-state index in [9.17, 15) is 0 Å². The highest BCUT2D eigenvalue weighted by Gasteiger charge is 2.41. The molecule has 1 aliphatic rings. The average Bonchev–Trinajstić information content (AvgIpc) is 1.52. The fourth-order valence-corrected chi connectivity index (χ4v) is 14.0. The van der Waals surface area contributed by atoms with Gasteiger partial charge < -0.3 is 23.2 Å². The molecule has 0 saturated heterocycles. The number of hydrogen-bond acceptors (Lipinski definition) is 4. The molecule has 0 saturated carbocycles. The lowest BCUT2D eigenvalue weighted by atomic mass is 9.80. The van der Waals surface area contributed by atoms with Gasteiger partial charge in [-0.2, -0.15) is 0 Å². The quantitative estimate of drug-likeness (QED) is 0.137. The molecular weight excluding hydrogens is 1050 g/mol. The zero-order valence-corrected chi connectivity index (χ0v) is 47.4. The summed E-state index contributed by atoms with van der Waals surface area (Å²) in [6, 6.07) is 107. The van der Waals surface area contributed by atoms with Crippen molar-refractivity contribution in [2.75, 3.05) is 9.80 Å². The highest BCUT2D eigenvalue weighted by Crippen LogP contribution is 2.58. The van der Waals surface area contributed by atoms with Crippen molar-refractivity contribution in [1.29, 1.82) is 0 Å². The van der Waals surface area contributed by atoms with Crippen LogP contribution in [-0.4, -0.2) is 4.57 Å². The van der Waals surface area contributed by atoms with Crippen LogP contribution in [0.1, 0.15) is 25.0 Å². The zero-order valence-electron chi connectivity index (χ0n) is 47.4. The van der Waals surface area contributed by atoms with Crippen LogP contribution in [0.5, 0.6) is 0 Å².